The molecular weight excluding hydrogens is 322 g/mol. The van der Waals surface area contributed by atoms with Crippen LogP contribution in [0.2, 0.25) is 5.02 Å². The fraction of sp³-hybridized carbons (Fsp3) is 0.333. The molecule has 0 spiro atoms. The van der Waals surface area contributed by atoms with E-state index in [-0.39, 0.29) is 22.4 Å². The van der Waals surface area contributed by atoms with Crippen molar-refractivity contribution in [2.75, 3.05) is 6.54 Å². The lowest BCUT2D eigenvalue weighted by atomic mass is 10.0. The highest BCUT2D eigenvalue weighted by Crippen LogP contribution is 2.25. The van der Waals surface area contributed by atoms with E-state index in [4.69, 9.17) is 11.6 Å². The molecule has 0 radical (unpaired) electrons. The van der Waals surface area contributed by atoms with Crippen LogP contribution >= 0.6 is 11.6 Å². The van der Waals surface area contributed by atoms with Gasteiger partial charge in [-0.1, -0.05) is 31.5 Å². The molecule has 0 aliphatic carbocycles. The third-order valence-corrected chi connectivity index (χ3v) is 5.14. The lowest BCUT2D eigenvalue weighted by Gasteiger charge is -2.11. The van der Waals surface area contributed by atoms with E-state index in [2.05, 4.69) is 14.7 Å². The molecule has 5 nitrogen and oxygen atoms in total. The van der Waals surface area contributed by atoms with Gasteiger partial charge in [-0.15, -0.1) is 0 Å². The SMILES string of the molecule is CC(C)c1ccc(Cl)c(S(=O)(=O)NCCc2cnccn2)c1. The van der Waals surface area contributed by atoms with E-state index >= 15 is 0 Å². The van der Waals surface area contributed by atoms with Crippen LogP contribution in [-0.2, 0) is 16.4 Å². The van der Waals surface area contributed by atoms with E-state index in [9.17, 15) is 8.42 Å². The maximum absolute atomic E-state index is 12.4. The van der Waals surface area contributed by atoms with Crippen molar-refractivity contribution in [3.05, 3.63) is 53.1 Å². The molecule has 0 saturated carbocycles. The van der Waals surface area contributed by atoms with Crippen LogP contribution in [0.3, 0.4) is 0 Å². The van der Waals surface area contributed by atoms with Gasteiger partial charge >= 0.3 is 0 Å². The predicted octanol–water partition coefficient (Wildman–Crippen LogP) is 2.77. The van der Waals surface area contributed by atoms with Crippen LogP contribution in [0.5, 0.6) is 0 Å². The molecule has 7 heteroatoms. The molecule has 0 unspecified atom stereocenters. The van der Waals surface area contributed by atoms with Gasteiger partial charge in [0.05, 0.1) is 10.7 Å². The molecular formula is C15H18ClN3O2S. The number of halogens is 1. The number of hydrogen-bond donors (Lipinski definition) is 1. The van der Waals surface area contributed by atoms with Crippen molar-refractivity contribution in [2.45, 2.75) is 31.1 Å². The average Bonchev–Trinajstić information content (AvgIpc) is 2.48. The Kier molecular flexibility index (Phi) is 5.50. The van der Waals surface area contributed by atoms with Crippen LogP contribution in [0.4, 0.5) is 0 Å². The van der Waals surface area contributed by atoms with Crippen molar-refractivity contribution in [3.63, 3.8) is 0 Å². The van der Waals surface area contributed by atoms with E-state index in [1.54, 1.807) is 30.7 Å². The van der Waals surface area contributed by atoms with E-state index in [0.29, 0.717) is 6.42 Å². The standard InChI is InChI=1S/C15H18ClN3O2S/c1-11(2)12-3-4-14(16)15(9-12)22(20,21)19-6-5-13-10-17-7-8-18-13/h3-4,7-11,19H,5-6H2,1-2H3. The van der Waals surface area contributed by atoms with Crippen molar-refractivity contribution < 1.29 is 8.42 Å². The molecule has 1 N–H and O–H groups in total. The third-order valence-electron chi connectivity index (χ3n) is 3.20. The zero-order chi connectivity index (χ0) is 16.2. The van der Waals surface area contributed by atoms with E-state index in [1.165, 1.54) is 0 Å². The van der Waals surface area contributed by atoms with Crippen LogP contribution in [-0.4, -0.2) is 24.9 Å². The maximum atomic E-state index is 12.4. The molecule has 1 aromatic heterocycles. The molecule has 0 aliphatic rings. The van der Waals surface area contributed by atoms with Gasteiger partial charge in [0.1, 0.15) is 4.90 Å². The average molecular weight is 340 g/mol. The molecule has 0 aliphatic heterocycles. The number of rotatable bonds is 6. The van der Waals surface area contributed by atoms with Crippen LogP contribution in [0.1, 0.15) is 31.0 Å². The Labute approximate surface area is 135 Å². The summed E-state index contributed by atoms with van der Waals surface area (Å²) in [5.74, 6) is 0.228. The summed E-state index contributed by atoms with van der Waals surface area (Å²) in [5, 5.41) is 0.219. The first-order valence-corrected chi connectivity index (χ1v) is 8.80. The second kappa shape index (κ2) is 7.17. The summed E-state index contributed by atoms with van der Waals surface area (Å²) in [6.45, 7) is 4.24. The molecule has 22 heavy (non-hydrogen) atoms. The first-order valence-electron chi connectivity index (χ1n) is 6.94. The van der Waals surface area contributed by atoms with E-state index in [1.807, 2.05) is 19.9 Å². The van der Waals surface area contributed by atoms with Gasteiger partial charge in [0.25, 0.3) is 0 Å². The molecule has 0 amide bonds. The zero-order valence-electron chi connectivity index (χ0n) is 12.5. The number of nitrogens with zero attached hydrogens (tertiary/aromatic N) is 2. The zero-order valence-corrected chi connectivity index (χ0v) is 14.0. The minimum Gasteiger partial charge on any atom is -0.261 e. The fourth-order valence-electron chi connectivity index (χ4n) is 1.94. The van der Waals surface area contributed by atoms with Crippen molar-refractivity contribution >= 4 is 21.6 Å². The van der Waals surface area contributed by atoms with E-state index < -0.39 is 10.0 Å². The van der Waals surface area contributed by atoms with Crippen molar-refractivity contribution in [1.82, 2.24) is 14.7 Å². The Morgan fingerprint density at radius 1 is 1.27 bits per heavy atom. The number of nitrogens with one attached hydrogen (secondary N) is 1. The molecule has 0 bridgehead atoms. The summed E-state index contributed by atoms with van der Waals surface area (Å²) in [4.78, 5) is 8.16. The molecule has 2 aromatic rings. The summed E-state index contributed by atoms with van der Waals surface area (Å²) in [7, 11) is -3.65. The number of aromatic nitrogens is 2. The molecule has 0 fully saturated rings. The van der Waals surface area contributed by atoms with Crippen LogP contribution < -0.4 is 4.72 Å². The lowest BCUT2D eigenvalue weighted by Crippen LogP contribution is -2.26. The van der Waals surface area contributed by atoms with Crippen molar-refractivity contribution in [1.29, 1.82) is 0 Å². The number of hydrogen-bond acceptors (Lipinski definition) is 4. The van der Waals surface area contributed by atoms with Crippen molar-refractivity contribution in [2.24, 2.45) is 0 Å². The second-order valence-corrected chi connectivity index (χ2v) is 7.33. The summed E-state index contributed by atoms with van der Waals surface area (Å²) >= 11 is 6.04. The topological polar surface area (TPSA) is 72.0 Å². The first-order chi connectivity index (χ1) is 10.4. The highest BCUT2D eigenvalue weighted by molar-refractivity contribution is 7.89. The highest BCUT2D eigenvalue weighted by Gasteiger charge is 2.18. The highest BCUT2D eigenvalue weighted by atomic mass is 35.5. The van der Waals surface area contributed by atoms with Gasteiger partial charge in [0, 0.05) is 31.6 Å². The van der Waals surface area contributed by atoms with Gasteiger partial charge in [-0.2, -0.15) is 0 Å². The third kappa shape index (κ3) is 4.25. The molecule has 118 valence electrons. The van der Waals surface area contributed by atoms with Gasteiger partial charge in [0.15, 0.2) is 0 Å². The number of benzene rings is 1. The smallest absolute Gasteiger partial charge is 0.242 e. The largest absolute Gasteiger partial charge is 0.261 e. The quantitative estimate of drug-likeness (QED) is 0.878. The molecule has 2 rings (SSSR count). The fourth-order valence-corrected chi connectivity index (χ4v) is 3.50. The van der Waals surface area contributed by atoms with Crippen LogP contribution in [0.25, 0.3) is 0 Å². The normalized spacial score (nSPS) is 11.8. The Bertz CT molecular complexity index is 734. The maximum Gasteiger partial charge on any atom is 0.242 e. The summed E-state index contributed by atoms with van der Waals surface area (Å²) in [6.07, 6.45) is 5.23. The Balaban J connectivity index is 2.11. The van der Waals surface area contributed by atoms with Crippen molar-refractivity contribution in [3.8, 4) is 0 Å². The monoisotopic (exact) mass is 339 g/mol. The summed E-state index contributed by atoms with van der Waals surface area (Å²) in [5.41, 5.74) is 1.66. The van der Waals surface area contributed by atoms with Crippen LogP contribution in [0.15, 0.2) is 41.7 Å². The predicted molar refractivity (Wildman–Crippen MR) is 86.5 cm³/mol. The molecule has 0 saturated heterocycles. The van der Waals surface area contributed by atoms with E-state index in [0.717, 1.165) is 11.3 Å². The minimum atomic E-state index is -3.65. The Hall–Kier alpha value is -1.50. The van der Waals surface area contributed by atoms with Crippen LogP contribution in [0, 0.1) is 0 Å². The van der Waals surface area contributed by atoms with Gasteiger partial charge < -0.3 is 0 Å². The summed E-state index contributed by atoms with van der Waals surface area (Å²) in [6, 6.07) is 5.08. The Morgan fingerprint density at radius 3 is 2.68 bits per heavy atom. The first kappa shape index (κ1) is 16.9. The molecule has 1 heterocycles. The molecule has 0 atom stereocenters. The summed E-state index contributed by atoms with van der Waals surface area (Å²) < 4.78 is 27.3. The second-order valence-electron chi connectivity index (χ2n) is 5.19. The van der Waals surface area contributed by atoms with Gasteiger partial charge in [-0.25, -0.2) is 13.1 Å². The van der Waals surface area contributed by atoms with Gasteiger partial charge in [0.2, 0.25) is 10.0 Å². The van der Waals surface area contributed by atoms with Gasteiger partial charge in [-0.05, 0) is 23.6 Å². The minimum absolute atomic E-state index is 0.111. The Morgan fingerprint density at radius 2 is 2.05 bits per heavy atom. The molecule has 1 aromatic carbocycles. The lowest BCUT2D eigenvalue weighted by molar-refractivity contribution is 0.581. The van der Waals surface area contributed by atoms with Gasteiger partial charge in [-0.3, -0.25) is 9.97 Å². The number of sulfonamides is 1.